The number of para-hydroxylation sites is 2. The lowest BCUT2D eigenvalue weighted by atomic mass is 10.1. The summed E-state index contributed by atoms with van der Waals surface area (Å²) in [5, 5.41) is 5.80. The van der Waals surface area contributed by atoms with E-state index in [0.29, 0.717) is 47.3 Å². The third-order valence-corrected chi connectivity index (χ3v) is 6.39. The lowest BCUT2D eigenvalue weighted by molar-refractivity contribution is -0.123. The first-order valence-electron chi connectivity index (χ1n) is 12.5. The molecule has 0 fully saturated rings. The molecule has 39 heavy (non-hydrogen) atoms. The quantitative estimate of drug-likeness (QED) is 0.361. The Morgan fingerprint density at radius 1 is 1.15 bits per heavy atom. The van der Waals surface area contributed by atoms with Gasteiger partial charge in [-0.05, 0) is 54.1 Å². The number of rotatable bonds is 5. The second kappa shape index (κ2) is 10.3. The molecule has 10 heteroatoms. The molecule has 0 unspecified atom stereocenters. The van der Waals surface area contributed by atoms with Crippen LogP contribution in [0.1, 0.15) is 21.8 Å². The summed E-state index contributed by atoms with van der Waals surface area (Å²) >= 11 is 0. The molecule has 5 aromatic rings. The van der Waals surface area contributed by atoms with E-state index in [1.807, 2.05) is 47.2 Å². The number of amides is 2. The molecule has 1 aliphatic rings. The average molecular weight is 524 g/mol. The van der Waals surface area contributed by atoms with Gasteiger partial charge in [0.05, 0.1) is 7.11 Å². The van der Waals surface area contributed by atoms with Crippen molar-refractivity contribution in [3.63, 3.8) is 0 Å². The topological polar surface area (TPSA) is 121 Å². The van der Waals surface area contributed by atoms with Crippen molar-refractivity contribution in [1.82, 2.24) is 25.2 Å². The largest absolute Gasteiger partial charge is 0.493 e. The van der Waals surface area contributed by atoms with Gasteiger partial charge >= 0.3 is 0 Å². The third kappa shape index (κ3) is 5.04. The van der Waals surface area contributed by atoms with Gasteiger partial charge in [0.2, 0.25) is 0 Å². The first kappa shape index (κ1) is 24.2. The fourth-order valence-electron chi connectivity index (χ4n) is 4.51. The van der Waals surface area contributed by atoms with Crippen molar-refractivity contribution in [3.05, 3.63) is 90.1 Å². The highest BCUT2D eigenvalue weighted by molar-refractivity contribution is 5.95. The molecule has 0 aliphatic carbocycles. The maximum atomic E-state index is 13.2. The van der Waals surface area contributed by atoms with Gasteiger partial charge in [0.15, 0.2) is 29.6 Å². The zero-order valence-electron chi connectivity index (χ0n) is 21.1. The van der Waals surface area contributed by atoms with E-state index in [-0.39, 0.29) is 25.0 Å². The lowest BCUT2D eigenvalue weighted by Gasteiger charge is -2.13. The number of aromatic nitrogens is 3. The number of ether oxygens (including phenoxy) is 2. The van der Waals surface area contributed by atoms with Gasteiger partial charge in [0.1, 0.15) is 11.3 Å². The molecule has 0 saturated heterocycles. The number of imidazole rings is 1. The molecule has 10 nitrogen and oxygen atoms in total. The second-order valence-electron chi connectivity index (χ2n) is 9.02. The standard InChI is InChI=1S/C29H25N5O5/c1-37-24-7-6-19-15-25(24)38-17-26(35)32-16-18-12-20(14-21(13-18)34-11-10-30-28(19)34)29(36)31-9-8-27-33-22-4-2-3-5-23(22)39-27/h2-7,10-15H,8-9,16-17H2,1H3,(H,31,36)(H,32,35). The molecule has 3 heterocycles. The number of hydrogen-bond acceptors (Lipinski definition) is 7. The van der Waals surface area contributed by atoms with E-state index in [1.165, 1.54) is 0 Å². The summed E-state index contributed by atoms with van der Waals surface area (Å²) < 4.78 is 18.8. The van der Waals surface area contributed by atoms with Crippen molar-refractivity contribution >= 4 is 22.9 Å². The molecule has 1 aliphatic heterocycles. The third-order valence-electron chi connectivity index (χ3n) is 6.39. The predicted octanol–water partition coefficient (Wildman–Crippen LogP) is 3.67. The molecule has 0 spiro atoms. The molecule has 0 atom stereocenters. The van der Waals surface area contributed by atoms with E-state index in [9.17, 15) is 9.59 Å². The van der Waals surface area contributed by atoms with Crippen LogP contribution in [-0.4, -0.2) is 46.6 Å². The summed E-state index contributed by atoms with van der Waals surface area (Å²) in [6.45, 7) is 0.388. The number of benzene rings is 3. The predicted molar refractivity (Wildman–Crippen MR) is 143 cm³/mol. The monoisotopic (exact) mass is 523 g/mol. The van der Waals surface area contributed by atoms with Crippen LogP contribution in [0, 0.1) is 0 Å². The van der Waals surface area contributed by atoms with Crippen molar-refractivity contribution in [2.45, 2.75) is 13.0 Å². The number of methoxy groups -OCH3 is 1. The minimum Gasteiger partial charge on any atom is -0.493 e. The Morgan fingerprint density at radius 3 is 2.92 bits per heavy atom. The minimum absolute atomic E-state index is 0.183. The number of oxazole rings is 1. The Hall–Kier alpha value is -5.12. The highest BCUT2D eigenvalue weighted by atomic mass is 16.5. The van der Waals surface area contributed by atoms with E-state index in [1.54, 1.807) is 37.6 Å². The number of hydrogen-bond donors (Lipinski definition) is 2. The van der Waals surface area contributed by atoms with E-state index in [4.69, 9.17) is 13.9 Å². The van der Waals surface area contributed by atoms with Crippen molar-refractivity contribution in [1.29, 1.82) is 0 Å². The van der Waals surface area contributed by atoms with E-state index in [0.717, 1.165) is 22.3 Å². The normalized spacial score (nSPS) is 12.8. The Labute approximate surface area is 223 Å². The van der Waals surface area contributed by atoms with Gasteiger partial charge in [0.25, 0.3) is 11.8 Å². The zero-order valence-corrected chi connectivity index (χ0v) is 21.1. The first-order valence-corrected chi connectivity index (χ1v) is 12.5. The van der Waals surface area contributed by atoms with Crippen LogP contribution in [0.3, 0.4) is 0 Å². The van der Waals surface area contributed by atoms with Gasteiger partial charge in [-0.25, -0.2) is 9.97 Å². The molecular formula is C29H25N5O5. The number of carbonyl (C=O) groups excluding carboxylic acids is 2. The summed E-state index contributed by atoms with van der Waals surface area (Å²) in [6, 6.07) is 18.4. The minimum atomic E-state index is -0.297. The first-order chi connectivity index (χ1) is 19.1. The Kier molecular flexibility index (Phi) is 6.42. The maximum Gasteiger partial charge on any atom is 0.258 e. The van der Waals surface area contributed by atoms with Crippen LogP contribution in [0.4, 0.5) is 0 Å². The number of nitrogens with zero attached hydrogens (tertiary/aromatic N) is 3. The van der Waals surface area contributed by atoms with Crippen LogP contribution in [0.2, 0.25) is 0 Å². The summed E-state index contributed by atoms with van der Waals surface area (Å²) in [5.74, 6) is 1.61. The van der Waals surface area contributed by atoms with Crippen LogP contribution in [0.5, 0.6) is 11.5 Å². The fourth-order valence-corrected chi connectivity index (χ4v) is 4.51. The molecule has 3 aromatic carbocycles. The number of nitrogens with one attached hydrogen (secondary N) is 2. The molecule has 0 radical (unpaired) electrons. The van der Waals surface area contributed by atoms with E-state index >= 15 is 0 Å². The van der Waals surface area contributed by atoms with Crippen molar-refractivity contribution < 1.29 is 23.5 Å². The molecule has 2 aromatic heterocycles. The van der Waals surface area contributed by atoms with Crippen LogP contribution in [-0.2, 0) is 17.8 Å². The summed E-state index contributed by atoms with van der Waals surface area (Å²) in [7, 11) is 1.54. The molecule has 2 N–H and O–H groups in total. The van der Waals surface area contributed by atoms with Gasteiger partial charge in [-0.1, -0.05) is 12.1 Å². The zero-order chi connectivity index (χ0) is 26.8. The molecule has 6 rings (SSSR count). The average Bonchev–Trinajstić information content (AvgIpc) is 3.61. The van der Waals surface area contributed by atoms with E-state index in [2.05, 4.69) is 20.6 Å². The summed E-state index contributed by atoms with van der Waals surface area (Å²) in [6.07, 6.45) is 3.97. The van der Waals surface area contributed by atoms with Crippen LogP contribution in [0.25, 0.3) is 28.2 Å². The second-order valence-corrected chi connectivity index (χ2v) is 9.02. The number of fused-ring (bicyclic) bond motifs is 8. The van der Waals surface area contributed by atoms with Crippen LogP contribution in [0.15, 0.2) is 77.5 Å². The highest BCUT2D eigenvalue weighted by Gasteiger charge is 2.17. The van der Waals surface area contributed by atoms with Gasteiger partial charge in [-0.3, -0.25) is 14.2 Å². The van der Waals surface area contributed by atoms with E-state index < -0.39 is 0 Å². The Morgan fingerprint density at radius 2 is 2.05 bits per heavy atom. The Balaban J connectivity index is 1.29. The highest BCUT2D eigenvalue weighted by Crippen LogP contribution is 2.33. The van der Waals surface area contributed by atoms with Crippen molar-refractivity contribution in [3.8, 4) is 28.6 Å². The molecule has 2 amide bonds. The van der Waals surface area contributed by atoms with Crippen molar-refractivity contribution in [2.75, 3.05) is 20.3 Å². The summed E-state index contributed by atoms with van der Waals surface area (Å²) in [4.78, 5) is 34.7. The molecule has 0 saturated carbocycles. The molecule has 4 bridgehead atoms. The summed E-state index contributed by atoms with van der Waals surface area (Å²) in [5.41, 5.74) is 4.21. The smallest absolute Gasteiger partial charge is 0.258 e. The SMILES string of the molecule is COc1ccc2cc1OCC(=O)NCc1cc(C(=O)NCCc3nc4ccccc4o3)cc(c1)-n1ccnc1-2. The van der Waals surface area contributed by atoms with Crippen LogP contribution < -0.4 is 20.1 Å². The van der Waals surface area contributed by atoms with Gasteiger partial charge in [0, 0.05) is 48.7 Å². The van der Waals surface area contributed by atoms with Crippen molar-refractivity contribution in [2.24, 2.45) is 0 Å². The maximum absolute atomic E-state index is 13.2. The van der Waals surface area contributed by atoms with Gasteiger partial charge in [-0.15, -0.1) is 0 Å². The van der Waals surface area contributed by atoms with Gasteiger partial charge < -0.3 is 24.5 Å². The van der Waals surface area contributed by atoms with Crippen LogP contribution >= 0.6 is 0 Å². The van der Waals surface area contributed by atoms with Gasteiger partial charge in [-0.2, -0.15) is 0 Å². The Bertz CT molecular complexity index is 1660. The fraction of sp³-hybridized carbons (Fsp3) is 0.172. The molecule has 196 valence electrons. The number of carbonyl (C=O) groups is 2. The molecular weight excluding hydrogens is 498 g/mol. The lowest BCUT2D eigenvalue weighted by Crippen LogP contribution is -2.29.